The van der Waals surface area contributed by atoms with E-state index >= 15 is 0 Å². The molecule has 8 nitrogen and oxygen atoms in total. The average molecular weight is 458 g/mol. The van der Waals surface area contributed by atoms with Crippen molar-refractivity contribution in [3.63, 3.8) is 0 Å². The Morgan fingerprint density at radius 3 is 2.74 bits per heavy atom. The molecule has 34 heavy (non-hydrogen) atoms. The molecular formula is C26H27N5O3. The van der Waals surface area contributed by atoms with Gasteiger partial charge in [0.2, 0.25) is 5.91 Å². The van der Waals surface area contributed by atoms with E-state index in [-0.39, 0.29) is 28.5 Å². The number of non-ortho nitro benzene ring substituents is 1. The fraction of sp³-hybridized carbons (Fsp3) is 0.308. The van der Waals surface area contributed by atoms with Crippen molar-refractivity contribution in [3.8, 4) is 0 Å². The molecule has 1 N–H and O–H groups in total. The van der Waals surface area contributed by atoms with Gasteiger partial charge >= 0.3 is 0 Å². The van der Waals surface area contributed by atoms with Gasteiger partial charge in [0.1, 0.15) is 0 Å². The largest absolute Gasteiger partial charge is 0.368 e. The molecule has 174 valence electrons. The van der Waals surface area contributed by atoms with Crippen LogP contribution in [0.4, 0.5) is 17.1 Å². The van der Waals surface area contributed by atoms with Gasteiger partial charge in [-0.3, -0.25) is 19.9 Å². The summed E-state index contributed by atoms with van der Waals surface area (Å²) >= 11 is 0. The van der Waals surface area contributed by atoms with Gasteiger partial charge in [0, 0.05) is 62.1 Å². The topological polar surface area (TPSA) is 91.6 Å². The fourth-order valence-electron chi connectivity index (χ4n) is 5.04. The molecule has 0 saturated carbocycles. The second kappa shape index (κ2) is 9.13. The monoisotopic (exact) mass is 457 g/mol. The minimum Gasteiger partial charge on any atom is -0.368 e. The van der Waals surface area contributed by atoms with Crippen LogP contribution in [0.25, 0.3) is 0 Å². The number of aryl methyl sites for hydroxylation is 1. The minimum absolute atomic E-state index is 0.0297. The number of rotatable bonds is 5. The summed E-state index contributed by atoms with van der Waals surface area (Å²) in [6, 6.07) is 17.2. The van der Waals surface area contributed by atoms with Crippen molar-refractivity contribution in [2.75, 3.05) is 29.4 Å². The van der Waals surface area contributed by atoms with Crippen LogP contribution in [0, 0.1) is 23.0 Å². The summed E-state index contributed by atoms with van der Waals surface area (Å²) < 4.78 is 0. The summed E-state index contributed by atoms with van der Waals surface area (Å²) in [5.74, 6) is -0.360. The minimum atomic E-state index is -0.376. The average Bonchev–Trinajstić information content (AvgIpc) is 2.87. The summed E-state index contributed by atoms with van der Waals surface area (Å²) in [6.45, 7) is 4.75. The number of piperazine rings is 1. The summed E-state index contributed by atoms with van der Waals surface area (Å²) in [5, 5.41) is 14.4. The number of benzene rings is 2. The first kappa shape index (κ1) is 21.9. The van der Waals surface area contributed by atoms with Crippen molar-refractivity contribution in [1.29, 1.82) is 0 Å². The highest BCUT2D eigenvalue weighted by molar-refractivity contribution is 5.82. The Morgan fingerprint density at radius 1 is 1.18 bits per heavy atom. The number of hydrogen-bond donors (Lipinski definition) is 1. The molecule has 1 amide bonds. The van der Waals surface area contributed by atoms with Gasteiger partial charge < -0.3 is 15.1 Å². The third-order valence-corrected chi connectivity index (χ3v) is 6.83. The molecule has 1 saturated heterocycles. The first-order chi connectivity index (χ1) is 16.5. The van der Waals surface area contributed by atoms with Crippen LogP contribution < -0.4 is 15.1 Å². The van der Waals surface area contributed by atoms with Gasteiger partial charge in [-0.2, -0.15) is 0 Å². The first-order valence-electron chi connectivity index (χ1n) is 11.5. The number of hydrogen-bond acceptors (Lipinski definition) is 6. The lowest BCUT2D eigenvalue weighted by molar-refractivity contribution is -0.384. The molecule has 0 spiro atoms. The van der Waals surface area contributed by atoms with E-state index in [4.69, 9.17) is 0 Å². The maximum atomic E-state index is 13.4. The molecular weight excluding hydrogens is 430 g/mol. The molecule has 1 aromatic heterocycles. The molecule has 0 unspecified atom stereocenters. The number of nitro benzene ring substituents is 1. The highest BCUT2D eigenvalue weighted by Crippen LogP contribution is 2.38. The molecule has 3 heterocycles. The van der Waals surface area contributed by atoms with Crippen LogP contribution in [-0.4, -0.2) is 41.5 Å². The quantitative estimate of drug-likeness (QED) is 0.466. The number of nitrogens with one attached hydrogen (secondary N) is 1. The predicted molar refractivity (Wildman–Crippen MR) is 131 cm³/mol. The van der Waals surface area contributed by atoms with E-state index in [1.807, 2.05) is 18.2 Å². The summed E-state index contributed by atoms with van der Waals surface area (Å²) in [6.07, 6.45) is 3.92. The third kappa shape index (κ3) is 4.31. The Balaban J connectivity index is 1.43. The summed E-state index contributed by atoms with van der Waals surface area (Å²) in [5.41, 5.74) is 5.21. The normalized spacial score (nSPS) is 19.2. The molecule has 2 atom stereocenters. The van der Waals surface area contributed by atoms with E-state index in [2.05, 4.69) is 51.3 Å². The van der Waals surface area contributed by atoms with Crippen LogP contribution >= 0.6 is 0 Å². The number of nitro groups is 1. The van der Waals surface area contributed by atoms with E-state index < -0.39 is 0 Å². The molecule has 5 rings (SSSR count). The lowest BCUT2D eigenvalue weighted by atomic mass is 9.83. The molecule has 0 bridgehead atoms. The van der Waals surface area contributed by atoms with Gasteiger partial charge in [0.15, 0.2) is 0 Å². The zero-order chi connectivity index (χ0) is 23.7. The van der Waals surface area contributed by atoms with Gasteiger partial charge in [0.25, 0.3) is 5.69 Å². The molecule has 2 aromatic carbocycles. The van der Waals surface area contributed by atoms with Crippen molar-refractivity contribution in [2.24, 2.45) is 5.92 Å². The van der Waals surface area contributed by atoms with Crippen LogP contribution in [0.1, 0.15) is 16.7 Å². The van der Waals surface area contributed by atoms with Gasteiger partial charge in [-0.05, 0) is 48.7 Å². The highest BCUT2D eigenvalue weighted by atomic mass is 16.6. The van der Waals surface area contributed by atoms with Gasteiger partial charge in [-0.25, -0.2) is 0 Å². The smallest absolute Gasteiger partial charge is 0.269 e. The second-order valence-electron chi connectivity index (χ2n) is 9.00. The number of nitrogens with zero attached hydrogens (tertiary/aromatic N) is 4. The Hall–Kier alpha value is -3.94. The Kier molecular flexibility index (Phi) is 5.88. The third-order valence-electron chi connectivity index (χ3n) is 6.83. The van der Waals surface area contributed by atoms with Crippen LogP contribution in [0.2, 0.25) is 0 Å². The maximum Gasteiger partial charge on any atom is 0.269 e. The molecule has 2 aliphatic rings. The van der Waals surface area contributed by atoms with Crippen LogP contribution in [-0.2, 0) is 17.8 Å². The molecule has 8 heteroatoms. The molecule has 0 radical (unpaired) electrons. The summed E-state index contributed by atoms with van der Waals surface area (Å²) in [4.78, 5) is 33.1. The molecule has 0 aliphatic carbocycles. The Morgan fingerprint density at radius 2 is 2.00 bits per heavy atom. The SMILES string of the molecule is Cc1ccc(N2CCN3c4ccc([N+](=O)[O-])cc4C[C@H](C(=O)NCc4cccnc4)[C@@H]3C2)cc1. The second-order valence-corrected chi connectivity index (χ2v) is 9.00. The lowest BCUT2D eigenvalue weighted by Crippen LogP contribution is -2.61. The molecule has 2 aliphatic heterocycles. The van der Waals surface area contributed by atoms with Crippen molar-refractivity contribution < 1.29 is 9.72 Å². The Labute approximate surface area is 198 Å². The van der Waals surface area contributed by atoms with Crippen LogP contribution in [0.5, 0.6) is 0 Å². The summed E-state index contributed by atoms with van der Waals surface area (Å²) in [7, 11) is 0. The van der Waals surface area contributed by atoms with E-state index in [0.717, 1.165) is 35.6 Å². The van der Waals surface area contributed by atoms with E-state index in [9.17, 15) is 14.9 Å². The van der Waals surface area contributed by atoms with Crippen molar-refractivity contribution in [1.82, 2.24) is 10.3 Å². The van der Waals surface area contributed by atoms with E-state index in [1.54, 1.807) is 24.5 Å². The number of amides is 1. The van der Waals surface area contributed by atoms with Crippen molar-refractivity contribution in [2.45, 2.75) is 25.9 Å². The number of fused-ring (bicyclic) bond motifs is 3. The zero-order valence-electron chi connectivity index (χ0n) is 19.1. The van der Waals surface area contributed by atoms with Crippen LogP contribution in [0.3, 0.4) is 0 Å². The number of aromatic nitrogens is 1. The standard InChI is InChI=1S/C26H27N5O3/c1-18-4-6-21(7-5-18)29-11-12-30-24-9-8-22(31(33)34)13-20(24)14-23(25(30)17-29)26(32)28-16-19-3-2-10-27-15-19/h2-10,13,15,23,25H,11-12,14,16-17H2,1H3,(H,28,32)/t23-,25-/m0/s1. The number of pyridine rings is 1. The maximum absolute atomic E-state index is 13.4. The van der Waals surface area contributed by atoms with E-state index in [1.165, 1.54) is 5.56 Å². The van der Waals surface area contributed by atoms with Crippen molar-refractivity contribution >= 4 is 23.0 Å². The molecule has 3 aromatic rings. The number of anilines is 2. The zero-order valence-corrected chi connectivity index (χ0v) is 19.1. The molecule has 1 fully saturated rings. The number of carbonyl (C=O) groups is 1. The van der Waals surface area contributed by atoms with Gasteiger partial charge in [-0.15, -0.1) is 0 Å². The van der Waals surface area contributed by atoms with E-state index in [0.29, 0.717) is 19.5 Å². The van der Waals surface area contributed by atoms with Crippen molar-refractivity contribution in [3.05, 3.63) is 93.8 Å². The lowest BCUT2D eigenvalue weighted by Gasteiger charge is -2.49. The van der Waals surface area contributed by atoms with Crippen LogP contribution in [0.15, 0.2) is 67.0 Å². The first-order valence-corrected chi connectivity index (χ1v) is 11.5. The Bertz CT molecular complexity index is 1200. The van der Waals surface area contributed by atoms with Gasteiger partial charge in [-0.1, -0.05) is 23.8 Å². The van der Waals surface area contributed by atoms with Gasteiger partial charge in [0.05, 0.1) is 16.9 Å². The number of carbonyl (C=O) groups excluding carboxylic acids is 1. The predicted octanol–water partition coefficient (Wildman–Crippen LogP) is 3.48. The highest BCUT2D eigenvalue weighted by Gasteiger charge is 2.42. The fourth-order valence-corrected chi connectivity index (χ4v) is 5.04.